The molecule has 1 fully saturated rings. The first-order valence-corrected chi connectivity index (χ1v) is 6.94. The number of hydrogen-bond donors (Lipinski definition) is 0. The molecule has 0 saturated heterocycles. The summed E-state index contributed by atoms with van der Waals surface area (Å²) >= 11 is 1.70. The second-order valence-corrected chi connectivity index (χ2v) is 5.81. The van der Waals surface area contributed by atoms with Crippen molar-refractivity contribution in [3.05, 3.63) is 16.1 Å². The Balaban J connectivity index is 2.12. The zero-order chi connectivity index (χ0) is 11.4. The van der Waals surface area contributed by atoms with Crippen LogP contribution in [-0.2, 0) is 6.42 Å². The van der Waals surface area contributed by atoms with E-state index >= 15 is 0 Å². The van der Waals surface area contributed by atoms with E-state index in [0.29, 0.717) is 0 Å². The highest BCUT2D eigenvalue weighted by molar-refractivity contribution is 7.09. The maximum absolute atomic E-state index is 9.46. The van der Waals surface area contributed by atoms with Gasteiger partial charge in [-0.1, -0.05) is 25.7 Å². The molecule has 16 heavy (non-hydrogen) atoms. The fourth-order valence-electron chi connectivity index (χ4n) is 2.51. The standard InChI is InChI=1S/C13H18N2S/c1-11-9-16-12(15-11)8-13(10-14)6-4-2-3-5-7-13/h9H,2-8H2,1H3. The van der Waals surface area contributed by atoms with Gasteiger partial charge in [0.2, 0.25) is 0 Å². The Bertz CT molecular complexity index is 381. The molecule has 86 valence electrons. The Labute approximate surface area is 101 Å². The second-order valence-electron chi connectivity index (χ2n) is 4.87. The summed E-state index contributed by atoms with van der Waals surface area (Å²) in [6.07, 6.45) is 7.97. The quantitative estimate of drug-likeness (QED) is 0.729. The lowest BCUT2D eigenvalue weighted by molar-refractivity contribution is 0.338. The molecule has 1 aromatic heterocycles. The summed E-state index contributed by atoms with van der Waals surface area (Å²) in [5.41, 5.74) is 0.961. The highest BCUT2D eigenvalue weighted by Crippen LogP contribution is 2.37. The third-order valence-electron chi connectivity index (χ3n) is 3.45. The first kappa shape index (κ1) is 11.6. The number of hydrogen-bond acceptors (Lipinski definition) is 3. The smallest absolute Gasteiger partial charge is 0.0944 e. The van der Waals surface area contributed by atoms with Crippen molar-refractivity contribution >= 4 is 11.3 Å². The van der Waals surface area contributed by atoms with Crippen molar-refractivity contribution in [2.45, 2.75) is 51.9 Å². The van der Waals surface area contributed by atoms with E-state index in [1.54, 1.807) is 11.3 Å². The van der Waals surface area contributed by atoms with Crippen LogP contribution < -0.4 is 0 Å². The molecule has 1 heterocycles. The van der Waals surface area contributed by atoms with Crippen LogP contribution in [0.15, 0.2) is 5.38 Å². The Morgan fingerprint density at radius 1 is 1.38 bits per heavy atom. The summed E-state index contributed by atoms with van der Waals surface area (Å²) in [7, 11) is 0. The SMILES string of the molecule is Cc1csc(CC2(C#N)CCCCCC2)n1. The lowest BCUT2D eigenvalue weighted by Gasteiger charge is -2.23. The Kier molecular flexibility index (Phi) is 3.60. The first-order valence-electron chi connectivity index (χ1n) is 6.06. The number of nitriles is 1. The summed E-state index contributed by atoms with van der Waals surface area (Å²) in [6.45, 7) is 2.02. The monoisotopic (exact) mass is 234 g/mol. The Hall–Kier alpha value is -0.880. The van der Waals surface area contributed by atoms with Gasteiger partial charge in [0, 0.05) is 17.5 Å². The van der Waals surface area contributed by atoms with E-state index in [9.17, 15) is 5.26 Å². The number of rotatable bonds is 2. The highest BCUT2D eigenvalue weighted by atomic mass is 32.1. The predicted molar refractivity (Wildman–Crippen MR) is 66.3 cm³/mol. The minimum absolute atomic E-state index is 0.124. The van der Waals surface area contributed by atoms with Crippen LogP contribution in [0.1, 0.15) is 49.2 Å². The molecule has 0 amide bonds. The molecule has 3 heteroatoms. The molecule has 2 rings (SSSR count). The van der Waals surface area contributed by atoms with Crippen LogP contribution in [0.5, 0.6) is 0 Å². The first-order chi connectivity index (χ1) is 7.74. The van der Waals surface area contributed by atoms with Crippen molar-refractivity contribution < 1.29 is 0 Å². The van der Waals surface area contributed by atoms with Crippen molar-refractivity contribution in [1.29, 1.82) is 5.26 Å². The normalized spacial score (nSPS) is 20.0. The Morgan fingerprint density at radius 2 is 2.06 bits per heavy atom. The van der Waals surface area contributed by atoms with Crippen LogP contribution in [0.3, 0.4) is 0 Å². The molecule has 2 nitrogen and oxygen atoms in total. The number of thiazole rings is 1. The van der Waals surface area contributed by atoms with Gasteiger partial charge in [0.25, 0.3) is 0 Å². The van der Waals surface area contributed by atoms with Crippen molar-refractivity contribution in [2.75, 3.05) is 0 Å². The van der Waals surface area contributed by atoms with Gasteiger partial charge in [-0.25, -0.2) is 4.98 Å². The molecule has 0 spiro atoms. The molecule has 1 aliphatic rings. The van der Waals surface area contributed by atoms with Crippen LogP contribution in [0.4, 0.5) is 0 Å². The number of nitrogens with zero attached hydrogens (tertiary/aromatic N) is 2. The van der Waals surface area contributed by atoms with E-state index in [1.165, 1.54) is 25.7 Å². The molecule has 1 aliphatic carbocycles. The van der Waals surface area contributed by atoms with Gasteiger partial charge in [-0.15, -0.1) is 11.3 Å². The van der Waals surface area contributed by atoms with Gasteiger partial charge in [0.05, 0.1) is 16.5 Å². The second kappa shape index (κ2) is 4.97. The van der Waals surface area contributed by atoms with Crippen LogP contribution in [0, 0.1) is 23.7 Å². The van der Waals surface area contributed by atoms with Crippen molar-refractivity contribution in [1.82, 2.24) is 4.98 Å². The van der Waals surface area contributed by atoms with E-state index in [1.807, 2.05) is 6.92 Å². The molecule has 1 saturated carbocycles. The predicted octanol–water partition coefficient (Wildman–Crippen LogP) is 3.86. The van der Waals surface area contributed by atoms with Gasteiger partial charge in [0.1, 0.15) is 0 Å². The summed E-state index contributed by atoms with van der Waals surface area (Å²) < 4.78 is 0. The Morgan fingerprint density at radius 3 is 2.56 bits per heavy atom. The maximum Gasteiger partial charge on any atom is 0.0944 e. The third-order valence-corrected chi connectivity index (χ3v) is 4.42. The zero-order valence-corrected chi connectivity index (χ0v) is 10.6. The minimum Gasteiger partial charge on any atom is -0.247 e. The molecule has 0 aromatic carbocycles. The van der Waals surface area contributed by atoms with Crippen LogP contribution >= 0.6 is 11.3 Å². The highest BCUT2D eigenvalue weighted by Gasteiger charge is 2.32. The largest absolute Gasteiger partial charge is 0.247 e. The lowest BCUT2D eigenvalue weighted by Crippen LogP contribution is -2.20. The topological polar surface area (TPSA) is 36.7 Å². The van der Waals surface area contributed by atoms with E-state index in [0.717, 1.165) is 30.0 Å². The van der Waals surface area contributed by atoms with Crippen LogP contribution in [0.2, 0.25) is 0 Å². The van der Waals surface area contributed by atoms with Crippen molar-refractivity contribution in [3.63, 3.8) is 0 Å². The minimum atomic E-state index is -0.124. The summed E-state index contributed by atoms with van der Waals surface area (Å²) in [5, 5.41) is 12.7. The molecule has 0 N–H and O–H groups in total. The average Bonchev–Trinajstić information content (AvgIpc) is 2.54. The zero-order valence-electron chi connectivity index (χ0n) is 9.83. The molecule has 0 bridgehead atoms. The van der Waals surface area contributed by atoms with Crippen LogP contribution in [-0.4, -0.2) is 4.98 Å². The van der Waals surface area contributed by atoms with Gasteiger partial charge < -0.3 is 0 Å². The summed E-state index contributed by atoms with van der Waals surface area (Å²) in [5.74, 6) is 0. The van der Waals surface area contributed by atoms with Gasteiger partial charge >= 0.3 is 0 Å². The molecular weight excluding hydrogens is 216 g/mol. The number of aromatic nitrogens is 1. The molecular formula is C13H18N2S. The molecule has 0 atom stereocenters. The van der Waals surface area contributed by atoms with E-state index < -0.39 is 0 Å². The molecule has 1 aromatic rings. The third kappa shape index (κ3) is 2.62. The van der Waals surface area contributed by atoms with E-state index in [-0.39, 0.29) is 5.41 Å². The van der Waals surface area contributed by atoms with Crippen molar-refractivity contribution in [2.24, 2.45) is 5.41 Å². The molecule has 0 aliphatic heterocycles. The average molecular weight is 234 g/mol. The van der Waals surface area contributed by atoms with Gasteiger partial charge in [-0.05, 0) is 19.8 Å². The lowest BCUT2D eigenvalue weighted by atomic mass is 9.79. The van der Waals surface area contributed by atoms with Crippen molar-refractivity contribution in [3.8, 4) is 6.07 Å². The fourth-order valence-corrected chi connectivity index (χ4v) is 3.42. The van der Waals surface area contributed by atoms with Gasteiger partial charge in [0.15, 0.2) is 0 Å². The van der Waals surface area contributed by atoms with E-state index in [4.69, 9.17) is 0 Å². The summed E-state index contributed by atoms with van der Waals surface area (Å²) in [6, 6.07) is 2.58. The summed E-state index contributed by atoms with van der Waals surface area (Å²) in [4.78, 5) is 4.50. The molecule has 0 radical (unpaired) electrons. The van der Waals surface area contributed by atoms with Gasteiger partial charge in [-0.2, -0.15) is 5.26 Å². The maximum atomic E-state index is 9.46. The molecule has 0 unspecified atom stereocenters. The fraction of sp³-hybridized carbons (Fsp3) is 0.692. The van der Waals surface area contributed by atoms with Crippen LogP contribution in [0.25, 0.3) is 0 Å². The van der Waals surface area contributed by atoms with Gasteiger partial charge in [-0.3, -0.25) is 0 Å². The van der Waals surface area contributed by atoms with E-state index in [2.05, 4.69) is 16.4 Å². The number of aryl methyl sites for hydroxylation is 1.